The molecule has 2 unspecified atom stereocenters. The fraction of sp³-hybridized carbons (Fsp3) is 0.357. The number of fused-ring (bicyclic) bond motifs is 1. The average molecular weight is 246 g/mol. The minimum Gasteiger partial charge on any atom is -0.481 e. The third kappa shape index (κ3) is 2.71. The van der Waals surface area contributed by atoms with Crippen molar-refractivity contribution >= 4 is 16.9 Å². The zero-order valence-electron chi connectivity index (χ0n) is 10.4. The van der Waals surface area contributed by atoms with E-state index in [2.05, 4.69) is 4.98 Å². The Labute approximate surface area is 106 Å². The van der Waals surface area contributed by atoms with E-state index < -0.39 is 11.9 Å². The molecule has 18 heavy (non-hydrogen) atoms. The van der Waals surface area contributed by atoms with Crippen LogP contribution in [0.15, 0.2) is 30.5 Å². The number of benzene rings is 1. The van der Waals surface area contributed by atoms with Crippen LogP contribution in [0.5, 0.6) is 0 Å². The number of carbonyl (C=O) groups is 1. The molecule has 0 spiro atoms. The number of nitrogens with one attached hydrogen (secondary N) is 1. The molecule has 2 rings (SSSR count). The summed E-state index contributed by atoms with van der Waals surface area (Å²) in [5.41, 5.74) is 7.78. The summed E-state index contributed by atoms with van der Waals surface area (Å²) in [7, 11) is 0. The zero-order chi connectivity index (χ0) is 13.1. The lowest BCUT2D eigenvalue weighted by atomic mass is 9.93. The first-order chi connectivity index (χ1) is 8.58. The van der Waals surface area contributed by atoms with Crippen molar-refractivity contribution in [3.05, 3.63) is 36.0 Å². The molecule has 2 aromatic rings. The summed E-state index contributed by atoms with van der Waals surface area (Å²) < 4.78 is 0. The zero-order valence-corrected chi connectivity index (χ0v) is 10.4. The molecule has 96 valence electrons. The first-order valence-electron chi connectivity index (χ1n) is 6.11. The van der Waals surface area contributed by atoms with Crippen LogP contribution in [-0.2, 0) is 11.2 Å². The molecule has 4 N–H and O–H groups in total. The van der Waals surface area contributed by atoms with E-state index in [0.717, 1.165) is 16.5 Å². The summed E-state index contributed by atoms with van der Waals surface area (Å²) in [6, 6.07) is 7.81. The van der Waals surface area contributed by atoms with E-state index >= 15 is 0 Å². The largest absolute Gasteiger partial charge is 0.481 e. The summed E-state index contributed by atoms with van der Waals surface area (Å²) in [5.74, 6) is -1.21. The van der Waals surface area contributed by atoms with E-state index in [9.17, 15) is 9.90 Å². The number of aliphatic carboxylic acids is 1. The van der Waals surface area contributed by atoms with Crippen LogP contribution in [0.1, 0.15) is 18.9 Å². The van der Waals surface area contributed by atoms with E-state index in [1.807, 2.05) is 37.4 Å². The molecule has 2 atom stereocenters. The predicted octanol–water partition coefficient (Wildman–Crippen LogP) is 2.15. The van der Waals surface area contributed by atoms with E-state index in [-0.39, 0.29) is 6.04 Å². The van der Waals surface area contributed by atoms with E-state index in [1.165, 1.54) is 0 Å². The molecular formula is C14H18N2O2. The van der Waals surface area contributed by atoms with Crippen molar-refractivity contribution in [2.45, 2.75) is 25.8 Å². The fourth-order valence-electron chi connectivity index (χ4n) is 2.29. The van der Waals surface area contributed by atoms with Gasteiger partial charge in [0.25, 0.3) is 0 Å². The molecule has 4 heteroatoms. The third-order valence-corrected chi connectivity index (χ3v) is 3.15. The van der Waals surface area contributed by atoms with Gasteiger partial charge >= 0.3 is 5.97 Å². The number of hydrogen-bond donors (Lipinski definition) is 3. The van der Waals surface area contributed by atoms with Crippen LogP contribution < -0.4 is 5.73 Å². The van der Waals surface area contributed by atoms with Crippen LogP contribution in [0.4, 0.5) is 0 Å². The molecule has 0 amide bonds. The van der Waals surface area contributed by atoms with Crippen LogP contribution in [0, 0.1) is 5.92 Å². The highest BCUT2D eigenvalue weighted by Crippen LogP contribution is 2.22. The number of rotatable bonds is 5. The molecule has 0 bridgehead atoms. The van der Waals surface area contributed by atoms with Gasteiger partial charge in [-0.05, 0) is 31.4 Å². The Hall–Kier alpha value is -1.81. The minimum absolute atomic E-state index is 0.101. The molecule has 0 fully saturated rings. The number of nitrogens with two attached hydrogens (primary N) is 1. The molecule has 0 aliphatic heterocycles. The number of carboxylic acids is 1. The van der Waals surface area contributed by atoms with Gasteiger partial charge in [0.2, 0.25) is 0 Å². The maximum atomic E-state index is 11.2. The van der Waals surface area contributed by atoms with E-state index in [0.29, 0.717) is 12.8 Å². The Balaban J connectivity index is 2.23. The van der Waals surface area contributed by atoms with Crippen LogP contribution in [-0.4, -0.2) is 22.1 Å². The number of para-hydroxylation sites is 1. The Bertz CT molecular complexity index is 545. The number of H-pyrrole nitrogens is 1. The average Bonchev–Trinajstić information content (AvgIpc) is 2.71. The van der Waals surface area contributed by atoms with Crippen LogP contribution in [0.3, 0.4) is 0 Å². The van der Waals surface area contributed by atoms with Crippen molar-refractivity contribution in [3.63, 3.8) is 0 Å². The fourth-order valence-corrected chi connectivity index (χ4v) is 2.29. The first kappa shape index (κ1) is 12.6. The third-order valence-electron chi connectivity index (χ3n) is 3.15. The van der Waals surface area contributed by atoms with Gasteiger partial charge in [0, 0.05) is 23.1 Å². The highest BCUT2D eigenvalue weighted by atomic mass is 16.4. The molecule has 0 saturated carbocycles. The van der Waals surface area contributed by atoms with Crippen molar-refractivity contribution in [1.82, 2.24) is 4.98 Å². The van der Waals surface area contributed by atoms with Gasteiger partial charge in [-0.25, -0.2) is 0 Å². The minimum atomic E-state index is -0.780. The normalized spacial score (nSPS) is 14.6. The first-order valence-corrected chi connectivity index (χ1v) is 6.11. The Kier molecular flexibility index (Phi) is 3.67. The second kappa shape index (κ2) is 5.23. The summed E-state index contributed by atoms with van der Waals surface area (Å²) >= 11 is 0. The second-order valence-corrected chi connectivity index (χ2v) is 4.81. The summed E-state index contributed by atoms with van der Waals surface area (Å²) in [6.45, 7) is 1.84. The lowest BCUT2D eigenvalue weighted by Gasteiger charge is -2.14. The molecule has 4 nitrogen and oxygen atoms in total. The summed E-state index contributed by atoms with van der Waals surface area (Å²) in [5, 5.41) is 10.3. The molecule has 0 saturated heterocycles. The van der Waals surface area contributed by atoms with Gasteiger partial charge in [-0.1, -0.05) is 18.2 Å². The summed E-state index contributed by atoms with van der Waals surface area (Å²) in [6.07, 6.45) is 2.90. The van der Waals surface area contributed by atoms with E-state index in [4.69, 9.17) is 5.73 Å². The summed E-state index contributed by atoms with van der Waals surface area (Å²) in [4.78, 5) is 14.4. The second-order valence-electron chi connectivity index (χ2n) is 4.81. The topological polar surface area (TPSA) is 79.1 Å². The monoisotopic (exact) mass is 246 g/mol. The lowest BCUT2D eigenvalue weighted by molar-refractivity contribution is -0.142. The standard InChI is InChI=1S/C14H18N2O2/c1-9(15)6-10(14(17)18)7-11-8-16-13-5-3-2-4-12(11)13/h2-5,8-10,16H,6-7,15H2,1H3,(H,17,18). The van der Waals surface area contributed by atoms with Gasteiger partial charge < -0.3 is 15.8 Å². The SMILES string of the molecule is CC(N)CC(Cc1c[nH]c2ccccc12)C(=O)O. The lowest BCUT2D eigenvalue weighted by Crippen LogP contribution is -2.26. The van der Waals surface area contributed by atoms with Gasteiger partial charge in [0.05, 0.1) is 5.92 Å². The van der Waals surface area contributed by atoms with Gasteiger partial charge in [0.15, 0.2) is 0 Å². The van der Waals surface area contributed by atoms with Gasteiger partial charge in [0.1, 0.15) is 0 Å². The van der Waals surface area contributed by atoms with Crippen LogP contribution >= 0.6 is 0 Å². The van der Waals surface area contributed by atoms with Gasteiger partial charge in [-0.2, -0.15) is 0 Å². The van der Waals surface area contributed by atoms with Crippen molar-refractivity contribution in [3.8, 4) is 0 Å². The van der Waals surface area contributed by atoms with Crippen molar-refractivity contribution in [2.24, 2.45) is 11.7 Å². The Morgan fingerprint density at radius 2 is 2.17 bits per heavy atom. The molecule has 1 aromatic heterocycles. The Morgan fingerprint density at radius 1 is 1.44 bits per heavy atom. The highest BCUT2D eigenvalue weighted by Gasteiger charge is 2.20. The molecule has 0 radical (unpaired) electrons. The van der Waals surface area contributed by atoms with Crippen LogP contribution in [0.25, 0.3) is 10.9 Å². The molecular weight excluding hydrogens is 228 g/mol. The smallest absolute Gasteiger partial charge is 0.306 e. The van der Waals surface area contributed by atoms with Crippen LogP contribution in [0.2, 0.25) is 0 Å². The van der Waals surface area contributed by atoms with E-state index in [1.54, 1.807) is 0 Å². The quantitative estimate of drug-likeness (QED) is 0.756. The number of aromatic nitrogens is 1. The molecule has 1 aromatic carbocycles. The highest BCUT2D eigenvalue weighted by molar-refractivity contribution is 5.83. The number of aromatic amines is 1. The predicted molar refractivity (Wildman–Crippen MR) is 71.4 cm³/mol. The van der Waals surface area contributed by atoms with Gasteiger partial charge in [-0.15, -0.1) is 0 Å². The molecule has 0 aliphatic carbocycles. The van der Waals surface area contributed by atoms with Crippen molar-refractivity contribution in [2.75, 3.05) is 0 Å². The number of hydrogen-bond acceptors (Lipinski definition) is 2. The van der Waals surface area contributed by atoms with Crippen molar-refractivity contribution < 1.29 is 9.90 Å². The van der Waals surface area contributed by atoms with Crippen molar-refractivity contribution in [1.29, 1.82) is 0 Å². The molecule has 1 heterocycles. The maximum absolute atomic E-state index is 11.2. The molecule has 0 aliphatic rings. The number of carboxylic acid groups (broad SMARTS) is 1. The Morgan fingerprint density at radius 3 is 2.83 bits per heavy atom. The maximum Gasteiger partial charge on any atom is 0.306 e. The van der Waals surface area contributed by atoms with Gasteiger partial charge in [-0.3, -0.25) is 4.79 Å².